The first-order valence-corrected chi connectivity index (χ1v) is 6.08. The summed E-state index contributed by atoms with van der Waals surface area (Å²) in [6.45, 7) is 4.66. The van der Waals surface area contributed by atoms with E-state index < -0.39 is 17.5 Å². The van der Waals surface area contributed by atoms with E-state index in [0.717, 1.165) is 12.1 Å². The largest absolute Gasteiger partial charge is 0.326 e. The summed E-state index contributed by atoms with van der Waals surface area (Å²) in [5.41, 5.74) is -0.0850. The standard InChI is InChI=1S/C13H17F3N2O/c1-8(2)17-5-3-4-12(19)18-9-6-10(14)13(16)11(15)7-9/h6-8,17H,3-5H2,1-2H3,(H,18,19). The summed E-state index contributed by atoms with van der Waals surface area (Å²) in [6.07, 6.45) is 0.830. The number of anilines is 1. The molecule has 1 amide bonds. The number of carbonyl (C=O) groups excluding carboxylic acids is 1. The number of hydrogen-bond acceptors (Lipinski definition) is 2. The fraction of sp³-hybridized carbons (Fsp3) is 0.462. The maximum atomic E-state index is 12.9. The molecule has 2 N–H and O–H groups in total. The lowest BCUT2D eigenvalue weighted by Crippen LogP contribution is -2.24. The molecule has 0 spiro atoms. The lowest BCUT2D eigenvalue weighted by molar-refractivity contribution is -0.116. The Kier molecular flexibility index (Phi) is 5.82. The van der Waals surface area contributed by atoms with Crippen molar-refractivity contribution in [2.45, 2.75) is 32.7 Å². The maximum Gasteiger partial charge on any atom is 0.224 e. The zero-order valence-corrected chi connectivity index (χ0v) is 10.9. The van der Waals surface area contributed by atoms with Gasteiger partial charge in [-0.1, -0.05) is 13.8 Å². The third kappa shape index (κ3) is 5.30. The summed E-state index contributed by atoms with van der Waals surface area (Å²) in [5.74, 6) is -4.55. The van der Waals surface area contributed by atoms with Crippen LogP contribution in [0, 0.1) is 17.5 Å². The molecule has 3 nitrogen and oxygen atoms in total. The van der Waals surface area contributed by atoms with Crippen molar-refractivity contribution in [1.29, 1.82) is 0 Å². The summed E-state index contributed by atoms with van der Waals surface area (Å²) in [4.78, 5) is 11.5. The SMILES string of the molecule is CC(C)NCCCC(=O)Nc1cc(F)c(F)c(F)c1. The topological polar surface area (TPSA) is 41.1 Å². The van der Waals surface area contributed by atoms with Gasteiger partial charge in [-0.05, 0) is 13.0 Å². The van der Waals surface area contributed by atoms with Crippen molar-refractivity contribution in [3.05, 3.63) is 29.6 Å². The van der Waals surface area contributed by atoms with Crippen LogP contribution in [0.15, 0.2) is 12.1 Å². The van der Waals surface area contributed by atoms with Crippen molar-refractivity contribution in [3.63, 3.8) is 0 Å². The number of hydrogen-bond donors (Lipinski definition) is 2. The second kappa shape index (κ2) is 7.13. The molecule has 0 unspecified atom stereocenters. The molecule has 0 radical (unpaired) electrons. The minimum atomic E-state index is -1.54. The number of amides is 1. The molecule has 0 aliphatic heterocycles. The molecule has 0 saturated heterocycles. The molecule has 0 aliphatic carbocycles. The van der Waals surface area contributed by atoms with Gasteiger partial charge >= 0.3 is 0 Å². The predicted molar refractivity (Wildman–Crippen MR) is 67.3 cm³/mol. The predicted octanol–water partition coefficient (Wildman–Crippen LogP) is 2.82. The van der Waals surface area contributed by atoms with Crippen LogP contribution in [-0.2, 0) is 4.79 Å². The van der Waals surface area contributed by atoms with Crippen molar-refractivity contribution >= 4 is 11.6 Å². The second-order valence-electron chi connectivity index (χ2n) is 4.51. The number of halogens is 3. The maximum absolute atomic E-state index is 12.9. The van der Waals surface area contributed by atoms with Gasteiger partial charge in [0.05, 0.1) is 0 Å². The van der Waals surface area contributed by atoms with E-state index in [9.17, 15) is 18.0 Å². The van der Waals surface area contributed by atoms with Crippen molar-refractivity contribution in [2.75, 3.05) is 11.9 Å². The third-order valence-corrected chi connectivity index (χ3v) is 2.40. The fourth-order valence-electron chi connectivity index (χ4n) is 1.49. The van der Waals surface area contributed by atoms with E-state index in [-0.39, 0.29) is 18.0 Å². The Bertz CT molecular complexity index is 427. The van der Waals surface area contributed by atoms with Crippen LogP contribution in [0.2, 0.25) is 0 Å². The van der Waals surface area contributed by atoms with Gasteiger partial charge in [-0.15, -0.1) is 0 Å². The van der Waals surface area contributed by atoms with E-state index in [1.807, 2.05) is 13.8 Å². The molecule has 0 saturated carbocycles. The average molecular weight is 274 g/mol. The molecule has 1 aromatic carbocycles. The highest BCUT2D eigenvalue weighted by atomic mass is 19.2. The summed E-state index contributed by atoms with van der Waals surface area (Å²) in [6, 6.07) is 1.84. The minimum Gasteiger partial charge on any atom is -0.326 e. The first kappa shape index (κ1) is 15.5. The minimum absolute atomic E-state index is 0.0850. The number of rotatable bonds is 6. The first-order valence-electron chi connectivity index (χ1n) is 6.08. The molecular formula is C13H17F3N2O. The molecule has 0 heterocycles. The Morgan fingerprint density at radius 2 is 1.79 bits per heavy atom. The van der Waals surface area contributed by atoms with Crippen molar-refractivity contribution in [1.82, 2.24) is 5.32 Å². The van der Waals surface area contributed by atoms with Gasteiger partial charge in [0, 0.05) is 30.3 Å². The van der Waals surface area contributed by atoms with Gasteiger partial charge in [0.2, 0.25) is 5.91 Å². The Hall–Kier alpha value is -1.56. The fourth-order valence-corrected chi connectivity index (χ4v) is 1.49. The summed E-state index contributed by atoms with van der Waals surface area (Å²) in [5, 5.41) is 5.47. The summed E-state index contributed by atoms with van der Waals surface area (Å²) in [7, 11) is 0. The molecule has 1 rings (SSSR count). The third-order valence-electron chi connectivity index (χ3n) is 2.40. The normalized spacial score (nSPS) is 10.8. The van der Waals surface area contributed by atoms with Gasteiger partial charge in [0.25, 0.3) is 0 Å². The zero-order valence-electron chi connectivity index (χ0n) is 10.9. The second-order valence-corrected chi connectivity index (χ2v) is 4.51. The van der Waals surface area contributed by atoms with E-state index in [0.29, 0.717) is 19.0 Å². The number of nitrogens with one attached hydrogen (secondary N) is 2. The van der Waals surface area contributed by atoms with E-state index in [4.69, 9.17) is 0 Å². The van der Waals surface area contributed by atoms with E-state index in [1.165, 1.54) is 0 Å². The molecule has 0 atom stereocenters. The van der Waals surface area contributed by atoms with Crippen LogP contribution in [0.25, 0.3) is 0 Å². The lowest BCUT2D eigenvalue weighted by atomic mass is 10.2. The summed E-state index contributed by atoms with van der Waals surface area (Å²) >= 11 is 0. The van der Waals surface area contributed by atoms with E-state index in [1.54, 1.807) is 0 Å². The van der Waals surface area contributed by atoms with Gasteiger partial charge < -0.3 is 10.6 Å². The molecule has 6 heteroatoms. The first-order chi connectivity index (χ1) is 8.90. The van der Waals surface area contributed by atoms with Crippen LogP contribution >= 0.6 is 0 Å². The van der Waals surface area contributed by atoms with Crippen molar-refractivity contribution in [2.24, 2.45) is 0 Å². The Morgan fingerprint density at radius 3 is 2.32 bits per heavy atom. The highest BCUT2D eigenvalue weighted by Crippen LogP contribution is 2.17. The quantitative estimate of drug-likeness (QED) is 0.618. The summed E-state index contributed by atoms with van der Waals surface area (Å²) < 4.78 is 38.5. The number of carbonyl (C=O) groups is 1. The van der Waals surface area contributed by atoms with Crippen LogP contribution in [-0.4, -0.2) is 18.5 Å². The van der Waals surface area contributed by atoms with E-state index >= 15 is 0 Å². The van der Waals surface area contributed by atoms with E-state index in [2.05, 4.69) is 10.6 Å². The van der Waals surface area contributed by atoms with Crippen molar-refractivity contribution in [3.8, 4) is 0 Å². The highest BCUT2D eigenvalue weighted by Gasteiger charge is 2.11. The van der Waals surface area contributed by atoms with Gasteiger partial charge in [-0.2, -0.15) is 0 Å². The monoisotopic (exact) mass is 274 g/mol. The molecule has 0 bridgehead atoms. The van der Waals surface area contributed by atoms with Gasteiger partial charge in [-0.25, -0.2) is 13.2 Å². The molecular weight excluding hydrogens is 257 g/mol. The zero-order chi connectivity index (χ0) is 14.4. The Labute approximate surface area is 110 Å². The molecule has 1 aromatic rings. The smallest absolute Gasteiger partial charge is 0.224 e. The van der Waals surface area contributed by atoms with Crippen LogP contribution in [0.1, 0.15) is 26.7 Å². The average Bonchev–Trinajstić information content (AvgIpc) is 2.31. The number of benzene rings is 1. The van der Waals surface area contributed by atoms with Crippen LogP contribution in [0.4, 0.5) is 18.9 Å². The van der Waals surface area contributed by atoms with Crippen LogP contribution < -0.4 is 10.6 Å². The van der Waals surface area contributed by atoms with Crippen LogP contribution in [0.3, 0.4) is 0 Å². The Balaban J connectivity index is 2.44. The van der Waals surface area contributed by atoms with Gasteiger partial charge in [0.15, 0.2) is 17.5 Å². The molecule has 106 valence electrons. The van der Waals surface area contributed by atoms with Crippen molar-refractivity contribution < 1.29 is 18.0 Å². The molecule has 0 fully saturated rings. The molecule has 0 aliphatic rings. The Morgan fingerprint density at radius 1 is 1.21 bits per heavy atom. The van der Waals surface area contributed by atoms with Crippen LogP contribution in [0.5, 0.6) is 0 Å². The lowest BCUT2D eigenvalue weighted by Gasteiger charge is -2.08. The molecule has 0 aromatic heterocycles. The molecule has 19 heavy (non-hydrogen) atoms. The highest BCUT2D eigenvalue weighted by molar-refractivity contribution is 5.90. The van der Waals surface area contributed by atoms with Gasteiger partial charge in [0.1, 0.15) is 0 Å². The van der Waals surface area contributed by atoms with Gasteiger partial charge in [-0.3, -0.25) is 4.79 Å².